The summed E-state index contributed by atoms with van der Waals surface area (Å²) in [6.45, 7) is 4.06. The maximum absolute atomic E-state index is 10.5. The summed E-state index contributed by atoms with van der Waals surface area (Å²) in [6.07, 6.45) is 1.87. The van der Waals surface area contributed by atoms with Gasteiger partial charge in [0.2, 0.25) is 0 Å². The van der Waals surface area contributed by atoms with Crippen molar-refractivity contribution in [3.05, 3.63) is 32.9 Å². The van der Waals surface area contributed by atoms with E-state index in [-0.39, 0.29) is 5.92 Å². The van der Waals surface area contributed by atoms with E-state index in [0.29, 0.717) is 0 Å². The van der Waals surface area contributed by atoms with Gasteiger partial charge in [0.05, 0.1) is 0 Å². The van der Waals surface area contributed by atoms with Gasteiger partial charge < -0.3 is 4.79 Å². The largest absolute Gasteiger partial charge is 0.303 e. The zero-order chi connectivity index (χ0) is 9.84. The Kier molecular flexibility index (Phi) is 3.90. The summed E-state index contributed by atoms with van der Waals surface area (Å²) in [6, 6.07) is 6.23. The SMILES string of the molecule is Cc1c(I)cccc1CC(C)C=O. The molecular formula is C11H13IO. The van der Waals surface area contributed by atoms with E-state index in [4.69, 9.17) is 0 Å². The van der Waals surface area contributed by atoms with Crippen LogP contribution >= 0.6 is 22.6 Å². The highest BCUT2D eigenvalue weighted by Crippen LogP contribution is 2.18. The minimum absolute atomic E-state index is 0.122. The van der Waals surface area contributed by atoms with E-state index in [1.165, 1.54) is 14.7 Å². The Bertz CT molecular complexity index is 307. The van der Waals surface area contributed by atoms with Gasteiger partial charge in [0.15, 0.2) is 0 Å². The van der Waals surface area contributed by atoms with Crippen molar-refractivity contribution in [2.24, 2.45) is 5.92 Å². The molecule has 1 rings (SSSR count). The van der Waals surface area contributed by atoms with Gasteiger partial charge in [-0.05, 0) is 53.1 Å². The van der Waals surface area contributed by atoms with E-state index in [9.17, 15) is 4.79 Å². The molecule has 2 heteroatoms. The van der Waals surface area contributed by atoms with Crippen LogP contribution in [0.3, 0.4) is 0 Å². The first kappa shape index (κ1) is 10.7. The fourth-order valence-corrected chi connectivity index (χ4v) is 1.82. The van der Waals surface area contributed by atoms with Crippen LogP contribution < -0.4 is 0 Å². The molecule has 0 aliphatic rings. The van der Waals surface area contributed by atoms with Gasteiger partial charge in [-0.25, -0.2) is 0 Å². The Morgan fingerprint density at radius 3 is 2.85 bits per heavy atom. The molecule has 0 N–H and O–H groups in total. The van der Waals surface area contributed by atoms with E-state index in [1.807, 2.05) is 13.0 Å². The molecule has 1 aromatic carbocycles. The van der Waals surface area contributed by atoms with Crippen molar-refractivity contribution >= 4 is 28.9 Å². The topological polar surface area (TPSA) is 17.1 Å². The van der Waals surface area contributed by atoms with Crippen LogP contribution in [0.4, 0.5) is 0 Å². The first-order valence-electron chi connectivity index (χ1n) is 4.34. The highest BCUT2D eigenvalue weighted by Gasteiger charge is 2.05. The summed E-state index contributed by atoms with van der Waals surface area (Å²) < 4.78 is 1.27. The van der Waals surface area contributed by atoms with Crippen molar-refractivity contribution in [3.8, 4) is 0 Å². The zero-order valence-corrected chi connectivity index (χ0v) is 10.0. The third-order valence-corrected chi connectivity index (χ3v) is 3.32. The number of hydrogen-bond acceptors (Lipinski definition) is 1. The number of benzene rings is 1. The Morgan fingerprint density at radius 1 is 1.54 bits per heavy atom. The third kappa shape index (κ3) is 2.79. The van der Waals surface area contributed by atoms with Crippen molar-refractivity contribution in [2.45, 2.75) is 20.3 Å². The normalized spacial score (nSPS) is 12.5. The number of aldehydes is 1. The van der Waals surface area contributed by atoms with Crippen molar-refractivity contribution in [1.82, 2.24) is 0 Å². The van der Waals surface area contributed by atoms with Crippen LogP contribution in [0.1, 0.15) is 18.1 Å². The van der Waals surface area contributed by atoms with Gasteiger partial charge in [0.1, 0.15) is 6.29 Å². The summed E-state index contributed by atoms with van der Waals surface area (Å²) in [5.41, 5.74) is 2.59. The molecule has 0 amide bonds. The maximum Gasteiger partial charge on any atom is 0.123 e. The number of carbonyl (C=O) groups is 1. The second-order valence-corrected chi connectivity index (χ2v) is 4.50. The van der Waals surface area contributed by atoms with Crippen molar-refractivity contribution in [2.75, 3.05) is 0 Å². The molecule has 0 heterocycles. The Morgan fingerprint density at radius 2 is 2.23 bits per heavy atom. The molecule has 0 spiro atoms. The fraction of sp³-hybridized carbons (Fsp3) is 0.364. The molecule has 0 aliphatic carbocycles. The Balaban J connectivity index is 2.88. The number of carbonyl (C=O) groups excluding carboxylic acids is 1. The Hall–Kier alpha value is -0.380. The Labute approximate surface area is 92.7 Å². The summed E-state index contributed by atoms with van der Waals surface area (Å²) in [4.78, 5) is 10.5. The molecule has 13 heavy (non-hydrogen) atoms. The number of rotatable bonds is 3. The fourth-order valence-electron chi connectivity index (χ4n) is 1.27. The molecule has 1 unspecified atom stereocenters. The van der Waals surface area contributed by atoms with Gasteiger partial charge in [-0.15, -0.1) is 0 Å². The van der Waals surface area contributed by atoms with Crippen LogP contribution in [0.25, 0.3) is 0 Å². The van der Waals surface area contributed by atoms with E-state index in [2.05, 4.69) is 41.6 Å². The lowest BCUT2D eigenvalue weighted by atomic mass is 9.99. The zero-order valence-electron chi connectivity index (χ0n) is 7.88. The third-order valence-electron chi connectivity index (χ3n) is 2.15. The smallest absolute Gasteiger partial charge is 0.123 e. The van der Waals surface area contributed by atoms with Gasteiger partial charge in [0.25, 0.3) is 0 Å². The minimum Gasteiger partial charge on any atom is -0.303 e. The second kappa shape index (κ2) is 4.74. The molecule has 0 radical (unpaired) electrons. The van der Waals surface area contributed by atoms with Gasteiger partial charge in [-0.2, -0.15) is 0 Å². The average Bonchev–Trinajstić information content (AvgIpc) is 2.13. The molecule has 0 bridgehead atoms. The van der Waals surface area contributed by atoms with E-state index >= 15 is 0 Å². The molecule has 0 saturated heterocycles. The number of hydrogen-bond donors (Lipinski definition) is 0. The van der Waals surface area contributed by atoms with Crippen LogP contribution in [0.2, 0.25) is 0 Å². The molecule has 70 valence electrons. The van der Waals surface area contributed by atoms with Gasteiger partial charge in [-0.1, -0.05) is 19.1 Å². The van der Waals surface area contributed by atoms with Crippen molar-refractivity contribution < 1.29 is 4.79 Å². The van der Waals surface area contributed by atoms with E-state index in [0.717, 1.165) is 12.7 Å². The van der Waals surface area contributed by atoms with Crippen molar-refractivity contribution in [3.63, 3.8) is 0 Å². The average molecular weight is 288 g/mol. The number of halogens is 1. The molecule has 0 saturated carbocycles. The minimum atomic E-state index is 0.122. The van der Waals surface area contributed by atoms with E-state index < -0.39 is 0 Å². The molecule has 1 atom stereocenters. The molecule has 0 fully saturated rings. The van der Waals surface area contributed by atoms with Crippen molar-refractivity contribution in [1.29, 1.82) is 0 Å². The maximum atomic E-state index is 10.5. The molecule has 1 nitrogen and oxygen atoms in total. The van der Waals surface area contributed by atoms with Gasteiger partial charge >= 0.3 is 0 Å². The van der Waals surface area contributed by atoms with Crippen LogP contribution in [0.5, 0.6) is 0 Å². The van der Waals surface area contributed by atoms with Crippen LogP contribution in [0.15, 0.2) is 18.2 Å². The molecular weight excluding hydrogens is 275 g/mol. The first-order valence-corrected chi connectivity index (χ1v) is 5.42. The van der Waals surface area contributed by atoms with Gasteiger partial charge in [0, 0.05) is 9.49 Å². The van der Waals surface area contributed by atoms with E-state index in [1.54, 1.807) is 0 Å². The summed E-state index contributed by atoms with van der Waals surface area (Å²) >= 11 is 2.32. The van der Waals surface area contributed by atoms with Crippen LogP contribution in [-0.4, -0.2) is 6.29 Å². The predicted molar refractivity (Wildman–Crippen MR) is 62.8 cm³/mol. The van der Waals surface area contributed by atoms with Gasteiger partial charge in [-0.3, -0.25) is 0 Å². The van der Waals surface area contributed by atoms with Crippen LogP contribution in [-0.2, 0) is 11.2 Å². The summed E-state index contributed by atoms with van der Waals surface area (Å²) in [5.74, 6) is 0.122. The summed E-state index contributed by atoms with van der Waals surface area (Å²) in [5, 5.41) is 0. The monoisotopic (exact) mass is 288 g/mol. The summed E-state index contributed by atoms with van der Waals surface area (Å²) in [7, 11) is 0. The second-order valence-electron chi connectivity index (χ2n) is 3.34. The lowest BCUT2D eigenvalue weighted by molar-refractivity contribution is -0.110. The lowest BCUT2D eigenvalue weighted by Gasteiger charge is -2.08. The first-order chi connectivity index (χ1) is 6.15. The predicted octanol–water partition coefficient (Wildman–Crippen LogP) is 2.98. The standard InChI is InChI=1S/C11H13IO/c1-8(7-13)6-10-4-3-5-11(12)9(10)2/h3-5,7-8H,6H2,1-2H3. The lowest BCUT2D eigenvalue weighted by Crippen LogP contribution is -2.02. The molecule has 1 aromatic rings. The highest BCUT2D eigenvalue weighted by atomic mass is 127. The quantitative estimate of drug-likeness (QED) is 0.617. The highest BCUT2D eigenvalue weighted by molar-refractivity contribution is 14.1. The van der Waals surface area contributed by atoms with Crippen LogP contribution in [0, 0.1) is 16.4 Å². The molecule has 0 aromatic heterocycles. The molecule has 0 aliphatic heterocycles.